The predicted molar refractivity (Wildman–Crippen MR) is 102 cm³/mol. The largest absolute Gasteiger partial charge is 0.169 e. The average molecular weight is 347 g/mol. The average Bonchev–Trinajstić information content (AvgIpc) is 2.65. The van der Waals surface area contributed by atoms with Crippen LogP contribution >= 0.6 is 23.2 Å². The molecule has 2 aromatic carbocycles. The summed E-state index contributed by atoms with van der Waals surface area (Å²) in [4.78, 5) is 0. The lowest BCUT2D eigenvalue weighted by Gasteiger charge is -2.21. The molecular formula is C21H24Cl2. The first-order chi connectivity index (χ1) is 10.4. The second-order valence-electron chi connectivity index (χ2n) is 8.60. The molecule has 0 unspecified atom stereocenters. The Morgan fingerprint density at radius 2 is 1.00 bits per heavy atom. The van der Waals surface area contributed by atoms with E-state index in [0.717, 1.165) is 11.1 Å². The Kier molecular flexibility index (Phi) is 3.67. The van der Waals surface area contributed by atoms with Gasteiger partial charge >= 0.3 is 0 Å². The molecule has 0 amide bonds. The van der Waals surface area contributed by atoms with E-state index < -0.39 is 4.33 Å². The molecule has 0 heterocycles. The van der Waals surface area contributed by atoms with Gasteiger partial charge in [-0.1, -0.05) is 101 Å². The van der Waals surface area contributed by atoms with Gasteiger partial charge in [0.1, 0.15) is 0 Å². The molecule has 0 atom stereocenters. The molecule has 0 radical (unpaired) electrons. The Morgan fingerprint density at radius 1 is 0.652 bits per heavy atom. The summed E-state index contributed by atoms with van der Waals surface area (Å²) in [7, 11) is 0. The summed E-state index contributed by atoms with van der Waals surface area (Å²) in [5.41, 5.74) is 7.13. The molecule has 0 spiro atoms. The second kappa shape index (κ2) is 5.01. The molecule has 0 nitrogen and oxygen atoms in total. The lowest BCUT2D eigenvalue weighted by Crippen LogP contribution is -2.12. The van der Waals surface area contributed by atoms with Crippen molar-refractivity contribution in [2.45, 2.75) is 56.7 Å². The van der Waals surface area contributed by atoms with Gasteiger partial charge in [-0.15, -0.1) is 0 Å². The van der Waals surface area contributed by atoms with Crippen LogP contribution in [0.2, 0.25) is 0 Å². The molecule has 122 valence electrons. The number of fused-ring (bicyclic) bond motifs is 3. The normalized spacial score (nSPS) is 16.2. The SMILES string of the molecule is CC(C)(C)c1ccc2c(c1)-c1cc(C(C)(C)C)ccc1C2(Cl)Cl. The van der Waals surface area contributed by atoms with Gasteiger partial charge in [0.2, 0.25) is 0 Å². The molecule has 23 heavy (non-hydrogen) atoms. The first-order valence-electron chi connectivity index (χ1n) is 8.10. The van der Waals surface area contributed by atoms with Gasteiger partial charge in [0.15, 0.2) is 4.33 Å². The summed E-state index contributed by atoms with van der Waals surface area (Å²) in [6.07, 6.45) is 0. The zero-order chi connectivity index (χ0) is 17.2. The Bertz CT molecular complexity index is 706. The third-order valence-electron chi connectivity index (χ3n) is 4.74. The highest BCUT2D eigenvalue weighted by Crippen LogP contribution is 2.55. The maximum Gasteiger partial charge on any atom is 0.169 e. The van der Waals surface area contributed by atoms with Crippen LogP contribution in [0, 0.1) is 0 Å². The number of benzene rings is 2. The molecule has 2 heteroatoms. The van der Waals surface area contributed by atoms with Crippen molar-refractivity contribution in [2.75, 3.05) is 0 Å². The lowest BCUT2D eigenvalue weighted by molar-refractivity contribution is 0.589. The van der Waals surface area contributed by atoms with E-state index in [0.29, 0.717) is 0 Å². The Labute approximate surface area is 149 Å². The van der Waals surface area contributed by atoms with Crippen LogP contribution in [-0.4, -0.2) is 0 Å². The van der Waals surface area contributed by atoms with Crippen molar-refractivity contribution in [3.05, 3.63) is 58.7 Å². The summed E-state index contributed by atoms with van der Waals surface area (Å²) < 4.78 is -0.961. The van der Waals surface area contributed by atoms with Crippen molar-refractivity contribution >= 4 is 23.2 Å². The highest BCUT2D eigenvalue weighted by atomic mass is 35.5. The molecule has 1 aliphatic carbocycles. The molecule has 0 saturated carbocycles. The topological polar surface area (TPSA) is 0 Å². The van der Waals surface area contributed by atoms with E-state index in [2.05, 4.69) is 77.9 Å². The van der Waals surface area contributed by atoms with E-state index in [1.165, 1.54) is 22.3 Å². The van der Waals surface area contributed by atoms with Crippen LogP contribution in [-0.2, 0) is 15.2 Å². The summed E-state index contributed by atoms with van der Waals surface area (Å²) in [5.74, 6) is 0. The van der Waals surface area contributed by atoms with Crippen molar-refractivity contribution in [1.82, 2.24) is 0 Å². The number of hydrogen-bond donors (Lipinski definition) is 0. The number of halogens is 2. The van der Waals surface area contributed by atoms with E-state index >= 15 is 0 Å². The van der Waals surface area contributed by atoms with Crippen LogP contribution in [0.3, 0.4) is 0 Å². The van der Waals surface area contributed by atoms with E-state index in [4.69, 9.17) is 23.2 Å². The van der Waals surface area contributed by atoms with Crippen molar-refractivity contribution in [3.8, 4) is 11.1 Å². The van der Waals surface area contributed by atoms with Gasteiger partial charge in [-0.3, -0.25) is 0 Å². The molecule has 0 fully saturated rings. The zero-order valence-corrected chi connectivity index (χ0v) is 16.2. The first kappa shape index (κ1) is 16.9. The molecule has 0 aromatic heterocycles. The fraction of sp³-hybridized carbons (Fsp3) is 0.429. The van der Waals surface area contributed by atoms with E-state index in [1.807, 2.05) is 0 Å². The molecule has 1 aliphatic rings. The van der Waals surface area contributed by atoms with E-state index in [9.17, 15) is 0 Å². The van der Waals surface area contributed by atoms with Crippen LogP contribution < -0.4 is 0 Å². The number of alkyl halides is 2. The van der Waals surface area contributed by atoms with Crippen LogP contribution in [0.25, 0.3) is 11.1 Å². The molecule has 2 aromatic rings. The number of hydrogen-bond acceptors (Lipinski definition) is 0. The van der Waals surface area contributed by atoms with Gasteiger partial charge in [0.25, 0.3) is 0 Å². The summed E-state index contributed by atoms with van der Waals surface area (Å²) in [6.45, 7) is 13.4. The van der Waals surface area contributed by atoms with E-state index in [1.54, 1.807) is 0 Å². The van der Waals surface area contributed by atoms with Crippen LogP contribution in [0.5, 0.6) is 0 Å². The molecular weight excluding hydrogens is 323 g/mol. The van der Waals surface area contributed by atoms with Crippen molar-refractivity contribution in [1.29, 1.82) is 0 Å². The Hall–Kier alpha value is -0.980. The molecule has 0 saturated heterocycles. The standard InChI is InChI=1S/C21H24Cl2/c1-19(2,3)13-7-9-17-15(11-13)16-12-14(20(4,5)6)8-10-18(16)21(17,22)23/h7-12H,1-6H3. The minimum atomic E-state index is -0.961. The quantitative estimate of drug-likeness (QED) is 0.453. The summed E-state index contributed by atoms with van der Waals surface area (Å²) in [6, 6.07) is 13.0. The van der Waals surface area contributed by atoms with Gasteiger partial charge < -0.3 is 0 Å². The van der Waals surface area contributed by atoms with Crippen molar-refractivity contribution in [2.24, 2.45) is 0 Å². The van der Waals surface area contributed by atoms with Crippen LogP contribution in [0.15, 0.2) is 36.4 Å². The Morgan fingerprint density at radius 3 is 1.30 bits per heavy atom. The highest BCUT2D eigenvalue weighted by Gasteiger charge is 2.41. The minimum Gasteiger partial charge on any atom is -0.0909 e. The Balaban J connectivity index is 2.28. The fourth-order valence-corrected chi connectivity index (χ4v) is 3.82. The van der Waals surface area contributed by atoms with Crippen LogP contribution in [0.4, 0.5) is 0 Å². The van der Waals surface area contributed by atoms with Gasteiger partial charge in [0.05, 0.1) is 0 Å². The maximum atomic E-state index is 6.73. The third kappa shape index (κ3) is 2.71. The minimum absolute atomic E-state index is 0.0979. The van der Waals surface area contributed by atoms with Gasteiger partial charge in [-0.2, -0.15) is 0 Å². The number of rotatable bonds is 0. The lowest BCUT2D eigenvalue weighted by atomic mass is 9.83. The highest BCUT2D eigenvalue weighted by molar-refractivity contribution is 6.51. The van der Waals surface area contributed by atoms with E-state index in [-0.39, 0.29) is 10.8 Å². The fourth-order valence-electron chi connectivity index (χ4n) is 3.16. The third-order valence-corrected chi connectivity index (χ3v) is 5.55. The van der Waals surface area contributed by atoms with Crippen molar-refractivity contribution in [3.63, 3.8) is 0 Å². The maximum absolute atomic E-state index is 6.73. The first-order valence-corrected chi connectivity index (χ1v) is 8.86. The second-order valence-corrected chi connectivity index (χ2v) is 9.92. The van der Waals surface area contributed by atoms with Gasteiger partial charge in [-0.25, -0.2) is 0 Å². The van der Waals surface area contributed by atoms with Crippen molar-refractivity contribution < 1.29 is 0 Å². The monoisotopic (exact) mass is 346 g/mol. The molecule has 3 rings (SSSR count). The summed E-state index contributed by atoms with van der Waals surface area (Å²) >= 11 is 13.5. The zero-order valence-electron chi connectivity index (χ0n) is 14.7. The molecule has 0 aliphatic heterocycles. The van der Waals surface area contributed by atoms with Gasteiger partial charge in [0, 0.05) is 11.1 Å². The molecule has 0 N–H and O–H groups in total. The van der Waals surface area contributed by atoms with Crippen LogP contribution in [0.1, 0.15) is 63.8 Å². The van der Waals surface area contributed by atoms with Gasteiger partial charge in [-0.05, 0) is 33.1 Å². The predicted octanol–water partition coefficient (Wildman–Crippen LogP) is 6.94. The smallest absolute Gasteiger partial charge is 0.0909 e. The molecule has 0 bridgehead atoms. The summed E-state index contributed by atoms with van der Waals surface area (Å²) in [5, 5.41) is 0.